The summed E-state index contributed by atoms with van der Waals surface area (Å²) >= 11 is 0. The molecule has 5 nitrogen and oxygen atoms in total. The molecular weight excluding hydrogens is 302 g/mol. The monoisotopic (exact) mass is 338 g/mol. The highest BCUT2D eigenvalue weighted by Gasteiger charge is 2.47. The Morgan fingerprint density at radius 2 is 2.04 bits per heavy atom. The molecule has 2 unspecified atom stereocenters. The summed E-state index contributed by atoms with van der Waals surface area (Å²) < 4.78 is 5.84. The maximum absolute atomic E-state index is 12.3. The van der Waals surface area contributed by atoms with Gasteiger partial charge in [-0.25, -0.2) is 0 Å². The lowest BCUT2D eigenvalue weighted by Gasteiger charge is -2.21. The van der Waals surface area contributed by atoms with Crippen LogP contribution in [0.1, 0.15) is 64.7 Å². The van der Waals surface area contributed by atoms with Crippen LogP contribution in [-0.4, -0.2) is 66.3 Å². The van der Waals surface area contributed by atoms with Crippen molar-refractivity contribution in [3.8, 4) is 0 Å². The fourth-order valence-corrected chi connectivity index (χ4v) is 4.27. The number of nitroso groups, excluding NO2 is 1. The summed E-state index contributed by atoms with van der Waals surface area (Å²) in [7, 11) is 0. The smallest absolute Gasteiger partial charge is 0.259 e. The molecule has 0 amide bonds. The second-order valence-corrected chi connectivity index (χ2v) is 8.03. The number of ether oxygens (including phenoxy) is 1. The fourth-order valence-electron chi connectivity index (χ4n) is 4.27. The van der Waals surface area contributed by atoms with E-state index in [4.69, 9.17) is 4.74 Å². The molecule has 0 bridgehead atoms. The highest BCUT2D eigenvalue weighted by Crippen LogP contribution is 2.30. The van der Waals surface area contributed by atoms with Crippen LogP contribution in [0.5, 0.6) is 0 Å². The number of fused-ring (bicyclic) bond motifs is 1. The first-order valence-electron chi connectivity index (χ1n) is 10.3. The molecule has 1 saturated carbocycles. The molecule has 2 heterocycles. The quantitative estimate of drug-likeness (QED) is 0.428. The number of hydrogen-bond acceptors (Lipinski definition) is 3. The van der Waals surface area contributed by atoms with Gasteiger partial charge in [-0.1, -0.05) is 6.92 Å². The van der Waals surface area contributed by atoms with Gasteiger partial charge in [0, 0.05) is 19.6 Å². The minimum absolute atomic E-state index is 0.0551. The summed E-state index contributed by atoms with van der Waals surface area (Å²) in [5, 5.41) is 2.04. The molecule has 1 aliphatic carbocycles. The molecule has 3 rings (SSSR count). The van der Waals surface area contributed by atoms with Crippen LogP contribution in [0.15, 0.2) is 0 Å². The lowest BCUT2D eigenvalue weighted by atomic mass is 10.0. The Bertz CT molecular complexity index is 400. The zero-order valence-corrected chi connectivity index (χ0v) is 15.5. The molecule has 2 atom stereocenters. The number of nitrogens with zero attached hydrogens (tertiary/aromatic N) is 3. The van der Waals surface area contributed by atoms with Crippen molar-refractivity contribution >= 4 is 0 Å². The molecule has 0 aromatic heterocycles. The van der Waals surface area contributed by atoms with E-state index in [1.807, 2.05) is 5.01 Å². The summed E-state index contributed by atoms with van der Waals surface area (Å²) in [5.74, 6) is 0.983. The standard InChI is InChI=1S/C19H36N3O2/c1-2-10-20(15-17-8-9-17)11-5-6-13-24-16-19-14-18-7-3-4-12-21(18)22(19)23/h17-19H,2-16H2,1H3/q+1. The van der Waals surface area contributed by atoms with E-state index in [0.29, 0.717) is 12.6 Å². The van der Waals surface area contributed by atoms with Crippen molar-refractivity contribution in [1.29, 1.82) is 0 Å². The van der Waals surface area contributed by atoms with Gasteiger partial charge in [0.15, 0.2) is 0 Å². The Labute approximate surface area is 147 Å². The lowest BCUT2D eigenvalue weighted by molar-refractivity contribution is -0.718. The van der Waals surface area contributed by atoms with Crippen LogP contribution in [0.4, 0.5) is 0 Å². The molecule has 0 spiro atoms. The van der Waals surface area contributed by atoms with Crippen molar-refractivity contribution in [3.63, 3.8) is 0 Å². The summed E-state index contributed by atoms with van der Waals surface area (Å²) in [6.07, 6.45) is 11.1. The van der Waals surface area contributed by atoms with E-state index in [9.17, 15) is 4.91 Å². The topological polar surface area (TPSA) is 35.8 Å². The van der Waals surface area contributed by atoms with E-state index in [-0.39, 0.29) is 6.04 Å². The van der Waals surface area contributed by atoms with Crippen LogP contribution >= 0.6 is 0 Å². The third-order valence-corrected chi connectivity index (χ3v) is 5.78. The van der Waals surface area contributed by atoms with Crippen molar-refractivity contribution in [2.24, 2.45) is 5.92 Å². The molecule has 0 radical (unpaired) electrons. The molecule has 2 saturated heterocycles. The molecule has 138 valence electrons. The lowest BCUT2D eigenvalue weighted by Crippen LogP contribution is -2.39. The predicted octanol–water partition coefficient (Wildman–Crippen LogP) is 3.23. The minimum atomic E-state index is 0.0551. The summed E-state index contributed by atoms with van der Waals surface area (Å²) in [6.45, 7) is 8.38. The van der Waals surface area contributed by atoms with Gasteiger partial charge in [0.25, 0.3) is 6.04 Å². The first kappa shape index (κ1) is 18.1. The van der Waals surface area contributed by atoms with Crippen molar-refractivity contribution in [3.05, 3.63) is 4.91 Å². The van der Waals surface area contributed by atoms with Crippen LogP contribution in [0, 0.1) is 10.8 Å². The molecule has 0 aromatic carbocycles. The van der Waals surface area contributed by atoms with Gasteiger partial charge in [-0.15, -0.1) is 5.01 Å². The molecule has 5 heteroatoms. The average molecular weight is 339 g/mol. The van der Waals surface area contributed by atoms with Crippen molar-refractivity contribution in [1.82, 2.24) is 9.91 Å². The van der Waals surface area contributed by atoms with Crippen LogP contribution in [0.3, 0.4) is 0 Å². The highest BCUT2D eigenvalue weighted by molar-refractivity contribution is 4.79. The second kappa shape index (κ2) is 9.14. The van der Waals surface area contributed by atoms with E-state index >= 15 is 0 Å². The zero-order valence-electron chi connectivity index (χ0n) is 15.5. The summed E-state index contributed by atoms with van der Waals surface area (Å²) in [6, 6.07) is 0.537. The predicted molar refractivity (Wildman–Crippen MR) is 95.9 cm³/mol. The number of hydrazine groups is 1. The minimum Gasteiger partial charge on any atom is -0.374 e. The van der Waals surface area contributed by atoms with Crippen LogP contribution in [0.2, 0.25) is 0 Å². The Morgan fingerprint density at radius 1 is 1.17 bits per heavy atom. The van der Waals surface area contributed by atoms with Gasteiger partial charge in [-0.05, 0) is 70.4 Å². The van der Waals surface area contributed by atoms with Crippen molar-refractivity contribution in [2.75, 3.05) is 39.4 Å². The maximum atomic E-state index is 12.3. The van der Waals surface area contributed by atoms with Crippen LogP contribution in [-0.2, 0) is 4.74 Å². The molecular formula is C19H36N3O2+. The number of rotatable bonds is 11. The normalized spacial score (nSPS) is 27.1. The molecule has 0 N–H and O–H groups in total. The maximum Gasteiger partial charge on any atom is 0.259 e. The number of hydrogen-bond donors (Lipinski definition) is 0. The Balaban J connectivity index is 1.25. The fraction of sp³-hybridized carbons (Fsp3) is 1.00. The van der Waals surface area contributed by atoms with Crippen LogP contribution in [0.25, 0.3) is 0 Å². The number of piperidine rings is 1. The van der Waals surface area contributed by atoms with Gasteiger partial charge in [0.1, 0.15) is 11.5 Å². The molecule has 2 aliphatic heterocycles. The van der Waals surface area contributed by atoms with Gasteiger partial charge >= 0.3 is 0 Å². The van der Waals surface area contributed by atoms with Gasteiger partial charge < -0.3 is 9.64 Å². The summed E-state index contributed by atoms with van der Waals surface area (Å²) in [4.78, 5) is 16.1. The van der Waals surface area contributed by atoms with E-state index < -0.39 is 0 Å². The third kappa shape index (κ3) is 5.16. The Hall–Kier alpha value is -0.680. The molecule has 24 heavy (non-hydrogen) atoms. The first-order chi connectivity index (χ1) is 11.8. The molecule has 0 aromatic rings. The Kier molecular flexibility index (Phi) is 6.90. The molecule has 3 fully saturated rings. The van der Waals surface area contributed by atoms with Crippen molar-refractivity contribution < 1.29 is 9.61 Å². The SMILES string of the molecule is CCCN(CCCCOCC1CC2CCCCN2[N+]1=O)CC1CC1. The number of unbranched alkanes of at least 4 members (excludes halogenated alkanes) is 1. The van der Waals surface area contributed by atoms with Crippen LogP contribution < -0.4 is 0 Å². The van der Waals surface area contributed by atoms with Gasteiger partial charge in [0.05, 0.1) is 17.5 Å². The summed E-state index contributed by atoms with van der Waals surface area (Å²) in [5.41, 5.74) is 0. The highest BCUT2D eigenvalue weighted by atomic mass is 16.5. The third-order valence-electron chi connectivity index (χ3n) is 5.78. The second-order valence-electron chi connectivity index (χ2n) is 8.03. The Morgan fingerprint density at radius 3 is 2.79 bits per heavy atom. The van der Waals surface area contributed by atoms with E-state index in [0.717, 1.165) is 38.3 Å². The van der Waals surface area contributed by atoms with E-state index in [2.05, 4.69) is 11.8 Å². The van der Waals surface area contributed by atoms with Gasteiger partial charge in [0.2, 0.25) is 0 Å². The average Bonchev–Trinajstić information content (AvgIpc) is 3.35. The largest absolute Gasteiger partial charge is 0.374 e. The van der Waals surface area contributed by atoms with E-state index in [1.54, 1.807) is 0 Å². The van der Waals surface area contributed by atoms with Gasteiger partial charge in [-0.3, -0.25) is 0 Å². The van der Waals surface area contributed by atoms with Gasteiger partial charge in [-0.2, -0.15) is 0 Å². The van der Waals surface area contributed by atoms with Crippen molar-refractivity contribution in [2.45, 2.75) is 76.8 Å². The first-order valence-corrected chi connectivity index (χ1v) is 10.3. The molecule has 3 aliphatic rings. The van der Waals surface area contributed by atoms with E-state index in [1.165, 1.54) is 63.0 Å². The zero-order chi connectivity index (χ0) is 16.8.